The van der Waals surface area contributed by atoms with Crippen LogP contribution in [0.4, 0.5) is 11.4 Å². The standard InChI is InChI=1S/C15H12BrClN2O4/c1-8-5-10(16)7-11(17)14(8)23-15(20)9-3-4-12(18-2)13(6-9)19(21)22/h3-7,18H,1-2H3. The molecule has 0 aliphatic heterocycles. The van der Waals surface area contributed by atoms with Crippen molar-refractivity contribution in [3.63, 3.8) is 0 Å². The van der Waals surface area contributed by atoms with Crippen LogP contribution in [0.2, 0.25) is 5.02 Å². The number of esters is 1. The van der Waals surface area contributed by atoms with Crippen LogP contribution in [0, 0.1) is 17.0 Å². The van der Waals surface area contributed by atoms with E-state index in [1.807, 2.05) is 0 Å². The largest absolute Gasteiger partial charge is 0.421 e. The van der Waals surface area contributed by atoms with Gasteiger partial charge >= 0.3 is 5.97 Å². The molecule has 2 rings (SSSR count). The molecule has 0 saturated heterocycles. The van der Waals surface area contributed by atoms with E-state index in [2.05, 4.69) is 21.2 Å². The van der Waals surface area contributed by atoms with Crippen molar-refractivity contribution in [3.05, 3.63) is 61.1 Å². The number of hydrogen-bond acceptors (Lipinski definition) is 5. The van der Waals surface area contributed by atoms with Crippen LogP contribution in [0.15, 0.2) is 34.8 Å². The fourth-order valence-electron chi connectivity index (χ4n) is 1.99. The summed E-state index contributed by atoms with van der Waals surface area (Å²) in [5, 5.41) is 14.0. The number of nitro groups is 1. The van der Waals surface area contributed by atoms with E-state index in [0.29, 0.717) is 11.3 Å². The fraction of sp³-hybridized carbons (Fsp3) is 0.133. The number of halogens is 2. The van der Waals surface area contributed by atoms with Crippen LogP contribution in [0.1, 0.15) is 15.9 Å². The molecule has 0 aliphatic carbocycles. The minimum absolute atomic E-state index is 0.0640. The van der Waals surface area contributed by atoms with E-state index >= 15 is 0 Å². The molecule has 0 saturated carbocycles. The second-order valence-corrected chi connectivity index (χ2v) is 5.99. The Kier molecular flexibility index (Phi) is 5.23. The number of carbonyl (C=O) groups excluding carboxylic acids is 1. The normalized spacial score (nSPS) is 10.3. The molecule has 1 N–H and O–H groups in total. The summed E-state index contributed by atoms with van der Waals surface area (Å²) in [4.78, 5) is 22.7. The van der Waals surface area contributed by atoms with Gasteiger partial charge in [0, 0.05) is 17.6 Å². The smallest absolute Gasteiger partial charge is 0.343 e. The molecule has 0 radical (unpaired) electrons. The highest BCUT2D eigenvalue weighted by Gasteiger charge is 2.19. The number of aryl methyl sites for hydroxylation is 1. The van der Waals surface area contributed by atoms with E-state index in [4.69, 9.17) is 16.3 Å². The monoisotopic (exact) mass is 398 g/mol. The van der Waals surface area contributed by atoms with Gasteiger partial charge in [-0.25, -0.2) is 4.79 Å². The number of hydrogen-bond donors (Lipinski definition) is 1. The average Bonchev–Trinajstić information content (AvgIpc) is 2.49. The van der Waals surface area contributed by atoms with Gasteiger partial charge in [-0.15, -0.1) is 0 Å². The number of anilines is 1. The van der Waals surface area contributed by atoms with Crippen molar-refractivity contribution in [2.24, 2.45) is 0 Å². The van der Waals surface area contributed by atoms with E-state index in [-0.39, 0.29) is 22.0 Å². The molecule has 8 heteroatoms. The van der Waals surface area contributed by atoms with E-state index in [0.717, 1.165) is 10.5 Å². The molecular formula is C15H12BrClN2O4. The first-order valence-electron chi connectivity index (χ1n) is 6.47. The Balaban J connectivity index is 2.35. The minimum Gasteiger partial charge on any atom is -0.421 e. The molecule has 6 nitrogen and oxygen atoms in total. The number of benzene rings is 2. The Labute approximate surface area is 145 Å². The van der Waals surface area contributed by atoms with Gasteiger partial charge in [0.2, 0.25) is 0 Å². The number of rotatable bonds is 4. The molecule has 23 heavy (non-hydrogen) atoms. The summed E-state index contributed by atoms with van der Waals surface area (Å²) < 4.78 is 6.05. The van der Waals surface area contributed by atoms with Gasteiger partial charge in [-0.1, -0.05) is 27.5 Å². The topological polar surface area (TPSA) is 81.5 Å². The second-order valence-electron chi connectivity index (χ2n) is 4.66. The molecule has 2 aromatic carbocycles. The van der Waals surface area contributed by atoms with Gasteiger partial charge in [-0.2, -0.15) is 0 Å². The summed E-state index contributed by atoms with van der Waals surface area (Å²) in [5.41, 5.74) is 0.832. The molecule has 0 bridgehead atoms. The van der Waals surface area contributed by atoms with Gasteiger partial charge in [0.25, 0.3) is 5.69 Å². The lowest BCUT2D eigenvalue weighted by molar-refractivity contribution is -0.384. The molecule has 0 fully saturated rings. The third-order valence-corrected chi connectivity index (χ3v) is 3.83. The summed E-state index contributed by atoms with van der Waals surface area (Å²) in [6.07, 6.45) is 0. The molecule has 0 heterocycles. The number of carbonyl (C=O) groups is 1. The summed E-state index contributed by atoms with van der Waals surface area (Å²) in [6.45, 7) is 1.74. The van der Waals surface area contributed by atoms with Crippen molar-refractivity contribution >= 4 is 44.9 Å². The van der Waals surface area contributed by atoms with Gasteiger partial charge < -0.3 is 10.1 Å². The first-order valence-corrected chi connectivity index (χ1v) is 7.64. The summed E-state index contributed by atoms with van der Waals surface area (Å²) in [6, 6.07) is 7.41. The second kappa shape index (κ2) is 6.97. The SMILES string of the molecule is CNc1ccc(C(=O)Oc2c(C)cc(Br)cc2Cl)cc1[N+](=O)[O-]. The molecule has 0 atom stereocenters. The predicted molar refractivity (Wildman–Crippen MR) is 91.5 cm³/mol. The van der Waals surface area contributed by atoms with Crippen LogP contribution in [-0.4, -0.2) is 17.9 Å². The number of ether oxygens (including phenoxy) is 1. The van der Waals surface area contributed by atoms with Crippen LogP contribution in [-0.2, 0) is 0 Å². The fourth-order valence-corrected chi connectivity index (χ4v) is 3.00. The van der Waals surface area contributed by atoms with E-state index in [1.54, 1.807) is 26.1 Å². The zero-order chi connectivity index (χ0) is 17.1. The molecule has 2 aromatic rings. The number of nitrogens with zero attached hydrogens (tertiary/aromatic N) is 1. The lowest BCUT2D eigenvalue weighted by Crippen LogP contribution is -2.10. The number of nitro benzene ring substituents is 1. The third-order valence-electron chi connectivity index (χ3n) is 3.09. The van der Waals surface area contributed by atoms with Crippen molar-refractivity contribution in [2.45, 2.75) is 6.92 Å². The van der Waals surface area contributed by atoms with E-state index in [9.17, 15) is 14.9 Å². The molecular weight excluding hydrogens is 388 g/mol. The Hall–Kier alpha value is -2.12. The molecule has 120 valence electrons. The first kappa shape index (κ1) is 17.2. The lowest BCUT2D eigenvalue weighted by atomic mass is 10.1. The van der Waals surface area contributed by atoms with Crippen molar-refractivity contribution in [2.75, 3.05) is 12.4 Å². The predicted octanol–water partition coefficient (Wildman–Crippen LogP) is 4.58. The quantitative estimate of drug-likeness (QED) is 0.352. The van der Waals surface area contributed by atoms with Crippen molar-refractivity contribution in [1.82, 2.24) is 0 Å². The Morgan fingerprint density at radius 1 is 1.35 bits per heavy atom. The van der Waals surface area contributed by atoms with Crippen LogP contribution < -0.4 is 10.1 Å². The zero-order valence-corrected chi connectivity index (χ0v) is 14.6. The maximum Gasteiger partial charge on any atom is 0.343 e. The first-order chi connectivity index (χ1) is 10.8. The molecule has 0 aromatic heterocycles. The Morgan fingerprint density at radius 2 is 2.04 bits per heavy atom. The van der Waals surface area contributed by atoms with Crippen molar-refractivity contribution in [1.29, 1.82) is 0 Å². The van der Waals surface area contributed by atoms with Gasteiger partial charge in [-0.3, -0.25) is 10.1 Å². The number of nitrogens with one attached hydrogen (secondary N) is 1. The van der Waals surface area contributed by atoms with Gasteiger partial charge in [0.15, 0.2) is 5.75 Å². The minimum atomic E-state index is -0.719. The molecule has 0 unspecified atom stereocenters. The van der Waals surface area contributed by atoms with Gasteiger partial charge in [0.1, 0.15) is 5.69 Å². The summed E-state index contributed by atoms with van der Waals surface area (Å²) in [7, 11) is 1.56. The average molecular weight is 400 g/mol. The van der Waals surface area contributed by atoms with Crippen LogP contribution in [0.5, 0.6) is 5.75 Å². The van der Waals surface area contributed by atoms with Crippen LogP contribution in [0.25, 0.3) is 0 Å². The van der Waals surface area contributed by atoms with Crippen LogP contribution in [0.3, 0.4) is 0 Å². The molecule has 0 amide bonds. The maximum atomic E-state index is 12.2. The van der Waals surface area contributed by atoms with E-state index in [1.165, 1.54) is 12.1 Å². The Bertz CT molecular complexity index is 772. The Morgan fingerprint density at radius 3 is 2.61 bits per heavy atom. The summed E-state index contributed by atoms with van der Waals surface area (Å²) >= 11 is 9.36. The third kappa shape index (κ3) is 3.80. The highest BCUT2D eigenvalue weighted by molar-refractivity contribution is 9.10. The maximum absolute atomic E-state index is 12.2. The molecule has 0 aliphatic rings. The molecule has 0 spiro atoms. The lowest BCUT2D eigenvalue weighted by Gasteiger charge is -2.10. The summed E-state index contributed by atoms with van der Waals surface area (Å²) in [5.74, 6) is -0.497. The van der Waals surface area contributed by atoms with Gasteiger partial charge in [-0.05, 0) is 36.8 Å². The van der Waals surface area contributed by atoms with Crippen LogP contribution >= 0.6 is 27.5 Å². The van der Waals surface area contributed by atoms with Gasteiger partial charge in [0.05, 0.1) is 15.5 Å². The highest BCUT2D eigenvalue weighted by Crippen LogP contribution is 2.33. The zero-order valence-electron chi connectivity index (χ0n) is 12.2. The van der Waals surface area contributed by atoms with E-state index < -0.39 is 10.9 Å². The van der Waals surface area contributed by atoms with Crippen molar-refractivity contribution in [3.8, 4) is 5.75 Å². The highest BCUT2D eigenvalue weighted by atomic mass is 79.9. The van der Waals surface area contributed by atoms with Crippen molar-refractivity contribution < 1.29 is 14.5 Å².